The highest BCUT2D eigenvalue weighted by Gasteiger charge is 2.28. The molecular formula is C37H41F3N4O3. The summed E-state index contributed by atoms with van der Waals surface area (Å²) in [6.45, 7) is 5.03. The topological polar surface area (TPSA) is 66.9 Å². The number of anilines is 2. The lowest BCUT2D eigenvalue weighted by Gasteiger charge is -2.33. The van der Waals surface area contributed by atoms with Crippen molar-refractivity contribution in [1.29, 1.82) is 0 Å². The van der Waals surface area contributed by atoms with Gasteiger partial charge in [-0.05, 0) is 36.6 Å². The molecule has 7 nitrogen and oxygen atoms in total. The molecule has 6 rings (SSSR count). The molecule has 47 heavy (non-hydrogen) atoms. The van der Waals surface area contributed by atoms with E-state index < -0.39 is 17.5 Å². The third kappa shape index (κ3) is 7.17. The number of aromatic nitrogens is 1. The highest BCUT2D eigenvalue weighted by atomic mass is 19.2. The second kappa shape index (κ2) is 15.1. The van der Waals surface area contributed by atoms with Crippen LogP contribution in [0.2, 0.25) is 0 Å². The number of aryl methyl sites for hydroxylation is 1. The number of hydrogen-bond acceptors (Lipinski definition) is 6. The number of ether oxygens (including phenoxy) is 2. The molecule has 248 valence electrons. The Labute approximate surface area is 273 Å². The van der Waals surface area contributed by atoms with Gasteiger partial charge in [-0.3, -0.25) is 20.2 Å². The average molecular weight is 647 g/mol. The lowest BCUT2D eigenvalue weighted by Crippen LogP contribution is -2.47. The number of hydrogen-bond donors (Lipinski definition) is 1. The van der Waals surface area contributed by atoms with Crippen LogP contribution in [0.15, 0.2) is 54.7 Å². The highest BCUT2D eigenvalue weighted by molar-refractivity contribution is 6.11. The van der Waals surface area contributed by atoms with Gasteiger partial charge in [0.25, 0.3) is 5.91 Å². The van der Waals surface area contributed by atoms with Gasteiger partial charge in [0.2, 0.25) is 0 Å². The number of rotatable bonds is 12. The number of halogens is 3. The van der Waals surface area contributed by atoms with Crippen molar-refractivity contribution < 1.29 is 27.4 Å². The lowest BCUT2D eigenvalue weighted by molar-refractivity contribution is 0.0943. The van der Waals surface area contributed by atoms with Crippen LogP contribution in [-0.2, 0) is 11.2 Å². The van der Waals surface area contributed by atoms with Crippen molar-refractivity contribution in [3.05, 3.63) is 83.3 Å². The van der Waals surface area contributed by atoms with Gasteiger partial charge in [-0.15, -0.1) is 0 Å². The minimum atomic E-state index is -1.26. The standard InChI is InChI=1S/C37H41F3N4O3/c1-2-3-4-5-6-7-8-11-25-14-15-27-35(33(25)28-22-26(38)23-30(39)34(28)40)41-24-29(36(27)43-16-19-46-20-17-43)37(45)42-44-18-21-47-32-13-10-9-12-31(32)44/h9-10,12-15,22-24H,2-8,11,16-21H2,1H3,(H,42,45). The minimum Gasteiger partial charge on any atom is -0.489 e. The third-order valence-corrected chi connectivity index (χ3v) is 8.95. The van der Waals surface area contributed by atoms with Gasteiger partial charge in [0.05, 0.1) is 42.2 Å². The van der Waals surface area contributed by atoms with Crippen molar-refractivity contribution in [2.75, 3.05) is 49.4 Å². The molecule has 0 saturated carbocycles. The first kappa shape index (κ1) is 32.6. The number of pyridine rings is 1. The molecule has 0 bridgehead atoms. The minimum absolute atomic E-state index is 0.173. The van der Waals surface area contributed by atoms with E-state index in [2.05, 4.69) is 17.2 Å². The number of morpholine rings is 1. The summed E-state index contributed by atoms with van der Waals surface area (Å²) in [7, 11) is 0. The van der Waals surface area contributed by atoms with Gasteiger partial charge in [-0.2, -0.15) is 0 Å². The molecule has 0 radical (unpaired) electrons. The van der Waals surface area contributed by atoms with Gasteiger partial charge in [0.1, 0.15) is 18.2 Å². The largest absolute Gasteiger partial charge is 0.489 e. The van der Waals surface area contributed by atoms with E-state index in [1.165, 1.54) is 25.5 Å². The molecule has 10 heteroatoms. The molecule has 1 aromatic heterocycles. The monoisotopic (exact) mass is 646 g/mol. The number of unbranched alkanes of at least 4 members (excludes halogenated alkanes) is 6. The predicted molar refractivity (Wildman–Crippen MR) is 179 cm³/mol. The van der Waals surface area contributed by atoms with E-state index >= 15 is 4.39 Å². The fourth-order valence-electron chi connectivity index (χ4n) is 6.58. The highest BCUT2D eigenvalue weighted by Crippen LogP contribution is 2.40. The number of carbonyl (C=O) groups is 1. The van der Waals surface area contributed by atoms with Crippen molar-refractivity contribution in [3.63, 3.8) is 0 Å². The van der Waals surface area contributed by atoms with E-state index in [9.17, 15) is 13.6 Å². The SMILES string of the molecule is CCCCCCCCCc1ccc2c(N3CCOCC3)c(C(=O)NN3CCOc4ccccc43)cnc2c1-c1cc(F)cc(F)c1F. The number of para-hydroxylation sites is 2. The van der Waals surface area contributed by atoms with Crippen LogP contribution in [-0.4, -0.2) is 50.3 Å². The normalized spacial score (nSPS) is 14.6. The van der Waals surface area contributed by atoms with Crippen LogP contribution < -0.4 is 20.1 Å². The fraction of sp³-hybridized carbons (Fsp3) is 0.405. The van der Waals surface area contributed by atoms with Gasteiger partial charge in [0, 0.05) is 41.9 Å². The summed E-state index contributed by atoms with van der Waals surface area (Å²) in [5.41, 5.74) is 6.07. The van der Waals surface area contributed by atoms with Crippen molar-refractivity contribution in [2.24, 2.45) is 0 Å². The number of benzene rings is 3. The molecule has 1 amide bonds. The summed E-state index contributed by atoms with van der Waals surface area (Å²) < 4.78 is 56.2. The summed E-state index contributed by atoms with van der Waals surface area (Å²) in [4.78, 5) is 20.8. The zero-order valence-electron chi connectivity index (χ0n) is 26.8. The number of carbonyl (C=O) groups excluding carboxylic acids is 1. The van der Waals surface area contributed by atoms with Crippen LogP contribution >= 0.6 is 0 Å². The Morgan fingerprint density at radius 1 is 0.915 bits per heavy atom. The van der Waals surface area contributed by atoms with E-state index in [-0.39, 0.29) is 11.5 Å². The number of nitrogens with one attached hydrogen (secondary N) is 1. The second-order valence-corrected chi connectivity index (χ2v) is 12.1. The Balaban J connectivity index is 1.42. The second-order valence-electron chi connectivity index (χ2n) is 12.1. The Morgan fingerprint density at radius 3 is 2.49 bits per heavy atom. The number of hydrazine groups is 1. The summed E-state index contributed by atoms with van der Waals surface area (Å²) in [6, 6.07) is 12.9. The zero-order valence-corrected chi connectivity index (χ0v) is 26.8. The molecule has 3 aromatic carbocycles. The summed E-state index contributed by atoms with van der Waals surface area (Å²) in [5.74, 6) is -2.94. The van der Waals surface area contributed by atoms with E-state index in [4.69, 9.17) is 14.5 Å². The average Bonchev–Trinajstić information content (AvgIpc) is 3.09. The zero-order chi connectivity index (χ0) is 32.8. The lowest BCUT2D eigenvalue weighted by atomic mass is 9.91. The van der Waals surface area contributed by atoms with Crippen molar-refractivity contribution >= 4 is 28.2 Å². The summed E-state index contributed by atoms with van der Waals surface area (Å²) in [5, 5.41) is 2.36. The quantitative estimate of drug-likeness (QED) is 0.124. The maximum absolute atomic E-state index is 15.5. The van der Waals surface area contributed by atoms with Gasteiger partial charge < -0.3 is 14.4 Å². The predicted octanol–water partition coefficient (Wildman–Crippen LogP) is 7.99. The molecule has 2 aliphatic rings. The molecule has 0 spiro atoms. The summed E-state index contributed by atoms with van der Waals surface area (Å²) in [6.07, 6.45) is 9.79. The number of fused-ring (bicyclic) bond motifs is 2. The molecule has 0 aliphatic carbocycles. The molecule has 1 fully saturated rings. The van der Waals surface area contributed by atoms with Crippen LogP contribution in [0.4, 0.5) is 24.5 Å². The van der Waals surface area contributed by atoms with E-state index in [0.29, 0.717) is 85.4 Å². The molecule has 4 aromatic rings. The third-order valence-electron chi connectivity index (χ3n) is 8.95. The van der Waals surface area contributed by atoms with Crippen LogP contribution in [0.25, 0.3) is 22.0 Å². The van der Waals surface area contributed by atoms with Gasteiger partial charge >= 0.3 is 0 Å². The Kier molecular flexibility index (Phi) is 10.5. The molecule has 1 N–H and O–H groups in total. The Morgan fingerprint density at radius 2 is 1.68 bits per heavy atom. The molecule has 1 saturated heterocycles. The number of amides is 1. The van der Waals surface area contributed by atoms with E-state index in [1.807, 2.05) is 36.4 Å². The van der Waals surface area contributed by atoms with Crippen LogP contribution in [0.5, 0.6) is 5.75 Å². The molecular weight excluding hydrogens is 605 g/mol. The van der Waals surface area contributed by atoms with Gasteiger partial charge in [-0.1, -0.05) is 69.7 Å². The molecule has 3 heterocycles. The molecule has 0 unspecified atom stereocenters. The van der Waals surface area contributed by atoms with Crippen molar-refractivity contribution in [3.8, 4) is 16.9 Å². The maximum atomic E-state index is 15.5. The Bertz CT molecular complexity index is 1730. The fourth-order valence-corrected chi connectivity index (χ4v) is 6.58. The van der Waals surface area contributed by atoms with Crippen LogP contribution in [0.3, 0.4) is 0 Å². The van der Waals surface area contributed by atoms with Gasteiger partial charge in [0.15, 0.2) is 11.6 Å². The van der Waals surface area contributed by atoms with Gasteiger partial charge in [-0.25, -0.2) is 13.2 Å². The first-order valence-electron chi connectivity index (χ1n) is 16.7. The Hall–Kier alpha value is -4.31. The summed E-state index contributed by atoms with van der Waals surface area (Å²) >= 11 is 0. The maximum Gasteiger partial charge on any atom is 0.273 e. The first-order valence-corrected chi connectivity index (χ1v) is 16.7. The van der Waals surface area contributed by atoms with Crippen LogP contribution in [0.1, 0.15) is 67.8 Å². The molecule has 2 aliphatic heterocycles. The van der Waals surface area contributed by atoms with Crippen LogP contribution in [0, 0.1) is 17.5 Å². The van der Waals surface area contributed by atoms with E-state index in [1.54, 1.807) is 5.01 Å². The van der Waals surface area contributed by atoms with E-state index in [0.717, 1.165) is 43.0 Å². The van der Waals surface area contributed by atoms with Crippen molar-refractivity contribution in [2.45, 2.75) is 58.3 Å². The van der Waals surface area contributed by atoms with Crippen molar-refractivity contribution in [1.82, 2.24) is 10.4 Å². The molecule has 0 atom stereocenters. The first-order chi connectivity index (χ1) is 23.0. The number of nitrogens with zero attached hydrogens (tertiary/aromatic N) is 3. The smallest absolute Gasteiger partial charge is 0.273 e.